The number of nitrogens with zero attached hydrogens (tertiary/aromatic N) is 5. The van der Waals surface area contributed by atoms with Crippen LogP contribution < -0.4 is 24.8 Å². The van der Waals surface area contributed by atoms with Gasteiger partial charge in [0, 0.05) is 35.8 Å². The van der Waals surface area contributed by atoms with Crippen LogP contribution in [-0.2, 0) is 16.7 Å². The lowest BCUT2D eigenvalue weighted by Crippen LogP contribution is -2.42. The number of hydrogen-bond acceptors (Lipinski definition) is 8. The van der Waals surface area contributed by atoms with Crippen molar-refractivity contribution >= 4 is 23.1 Å². The molecule has 4 rings (SSSR count). The Bertz CT molecular complexity index is 1240. The summed E-state index contributed by atoms with van der Waals surface area (Å²) < 4.78 is 19.9. The minimum atomic E-state index is -0.227. The summed E-state index contributed by atoms with van der Waals surface area (Å²) >= 11 is 0. The Labute approximate surface area is 205 Å². The van der Waals surface area contributed by atoms with Crippen LogP contribution in [0.3, 0.4) is 0 Å². The molecule has 188 valence electrons. The highest BCUT2D eigenvalue weighted by atomic mass is 16.5. The molecule has 0 unspecified atom stereocenters. The maximum atomic E-state index is 13.5. The first-order chi connectivity index (χ1) is 16.6. The number of carbonyl (C=O) groups excluding carboxylic acids is 1. The molecule has 35 heavy (non-hydrogen) atoms. The molecule has 0 spiro atoms. The summed E-state index contributed by atoms with van der Waals surface area (Å²) in [6.45, 7) is 13.3. The van der Waals surface area contributed by atoms with Crippen LogP contribution in [0.25, 0.3) is 5.65 Å². The van der Waals surface area contributed by atoms with Gasteiger partial charge < -0.3 is 19.1 Å². The standard InChI is InChI=1S/C25H34N6O4/c1-7-35-23-16(2)12-21-27-30(24(26)31(21)28-23)15-20(32)17-13-18(25(3,4)5)22(33-6)19(14-17)29-8-10-34-11-9-29/h12-14,26H,7-11,15H2,1-6H3/p+1. The van der Waals surface area contributed by atoms with Crippen molar-refractivity contribution in [3.63, 3.8) is 0 Å². The average Bonchev–Trinajstić information content (AvgIpc) is 3.12. The van der Waals surface area contributed by atoms with E-state index in [4.69, 9.17) is 19.9 Å². The molecular weight excluding hydrogens is 448 g/mol. The molecular formula is C25H35N6O4+. The number of aryl methyl sites for hydroxylation is 1. The lowest BCUT2D eigenvalue weighted by atomic mass is 9.84. The number of nitrogen functional groups attached to an aromatic ring is 1. The van der Waals surface area contributed by atoms with Crippen molar-refractivity contribution in [2.45, 2.75) is 46.6 Å². The van der Waals surface area contributed by atoms with E-state index < -0.39 is 0 Å². The molecule has 1 aromatic carbocycles. The minimum Gasteiger partial charge on any atom is -0.494 e. The van der Waals surface area contributed by atoms with E-state index in [-0.39, 0.29) is 23.7 Å². The van der Waals surface area contributed by atoms with Crippen molar-refractivity contribution in [2.24, 2.45) is 0 Å². The predicted molar refractivity (Wildman–Crippen MR) is 133 cm³/mol. The maximum absolute atomic E-state index is 13.5. The zero-order chi connectivity index (χ0) is 25.3. The van der Waals surface area contributed by atoms with Gasteiger partial charge in [-0.2, -0.15) is 0 Å². The van der Waals surface area contributed by atoms with Gasteiger partial charge in [-0.15, -0.1) is 4.68 Å². The smallest absolute Gasteiger partial charge is 0.401 e. The number of nitrogens with two attached hydrogens (primary N) is 1. The first-order valence-corrected chi connectivity index (χ1v) is 11.9. The number of Topliss-reactive ketones (excluding diaryl/α,β-unsaturated/α-hetero) is 1. The minimum absolute atomic E-state index is 0.0172. The number of anilines is 2. The van der Waals surface area contributed by atoms with E-state index in [0.29, 0.717) is 36.9 Å². The Hall–Kier alpha value is -3.40. The van der Waals surface area contributed by atoms with Gasteiger partial charge in [-0.05, 0) is 31.4 Å². The van der Waals surface area contributed by atoms with E-state index >= 15 is 0 Å². The number of morpholine rings is 1. The Morgan fingerprint density at radius 1 is 1.23 bits per heavy atom. The van der Waals surface area contributed by atoms with Crippen molar-refractivity contribution < 1.29 is 23.7 Å². The molecule has 10 heteroatoms. The number of aromatic nitrogens is 4. The molecule has 10 nitrogen and oxygen atoms in total. The quantitative estimate of drug-likeness (QED) is 0.403. The monoisotopic (exact) mass is 483 g/mol. The molecule has 1 aliphatic rings. The number of fused-ring (bicyclic) bond motifs is 1. The second kappa shape index (κ2) is 9.69. The molecule has 2 N–H and O–H groups in total. The molecule has 3 aromatic rings. The molecule has 1 aliphatic heterocycles. The second-order valence-corrected chi connectivity index (χ2v) is 9.70. The lowest BCUT2D eigenvalue weighted by molar-refractivity contribution is -0.723. The highest BCUT2D eigenvalue weighted by molar-refractivity contribution is 5.97. The lowest BCUT2D eigenvalue weighted by Gasteiger charge is -2.33. The average molecular weight is 484 g/mol. The summed E-state index contributed by atoms with van der Waals surface area (Å²) in [4.78, 5) is 15.7. The van der Waals surface area contributed by atoms with E-state index in [1.54, 1.807) is 7.11 Å². The second-order valence-electron chi connectivity index (χ2n) is 9.70. The van der Waals surface area contributed by atoms with Crippen LogP contribution in [0.2, 0.25) is 0 Å². The van der Waals surface area contributed by atoms with Crippen LogP contribution in [0, 0.1) is 6.92 Å². The highest BCUT2D eigenvalue weighted by Crippen LogP contribution is 2.40. The van der Waals surface area contributed by atoms with Gasteiger partial charge in [0.15, 0.2) is 12.3 Å². The van der Waals surface area contributed by atoms with E-state index in [1.807, 2.05) is 32.0 Å². The van der Waals surface area contributed by atoms with Gasteiger partial charge in [0.05, 0.1) is 32.6 Å². The first-order valence-electron chi connectivity index (χ1n) is 11.9. The van der Waals surface area contributed by atoms with Gasteiger partial charge in [-0.3, -0.25) is 10.5 Å². The van der Waals surface area contributed by atoms with Crippen LogP contribution in [0.1, 0.15) is 49.2 Å². The van der Waals surface area contributed by atoms with Crippen LogP contribution in [-0.4, -0.2) is 60.5 Å². The van der Waals surface area contributed by atoms with Gasteiger partial charge in [0.1, 0.15) is 5.75 Å². The Balaban J connectivity index is 1.73. The summed E-state index contributed by atoms with van der Waals surface area (Å²) in [7, 11) is 1.68. The first kappa shape index (κ1) is 24.7. The van der Waals surface area contributed by atoms with Crippen molar-refractivity contribution in [1.29, 1.82) is 0 Å². The zero-order valence-corrected chi connectivity index (χ0v) is 21.4. The van der Waals surface area contributed by atoms with Crippen molar-refractivity contribution in [2.75, 3.05) is 50.7 Å². The fourth-order valence-corrected chi connectivity index (χ4v) is 4.27. The third-order valence-corrected chi connectivity index (χ3v) is 6.13. The van der Waals surface area contributed by atoms with Crippen LogP contribution in [0.4, 0.5) is 11.6 Å². The third-order valence-electron chi connectivity index (χ3n) is 6.13. The molecule has 0 aliphatic carbocycles. The predicted octanol–water partition coefficient (Wildman–Crippen LogP) is 2.33. The summed E-state index contributed by atoms with van der Waals surface area (Å²) in [5, 5.41) is 8.97. The molecule has 1 fully saturated rings. The van der Waals surface area contributed by atoms with Gasteiger partial charge in [0.25, 0.3) is 5.65 Å². The molecule has 0 saturated carbocycles. The number of methoxy groups -OCH3 is 1. The van der Waals surface area contributed by atoms with Gasteiger partial charge in [0.2, 0.25) is 5.88 Å². The summed E-state index contributed by atoms with van der Waals surface area (Å²) in [5.41, 5.74) is 9.95. The number of benzene rings is 1. The normalized spacial score (nSPS) is 14.4. The fourth-order valence-electron chi connectivity index (χ4n) is 4.27. The van der Waals surface area contributed by atoms with Crippen molar-refractivity contribution in [3.8, 4) is 11.6 Å². The van der Waals surface area contributed by atoms with Crippen LogP contribution >= 0.6 is 0 Å². The van der Waals surface area contributed by atoms with E-state index in [9.17, 15) is 4.79 Å². The Morgan fingerprint density at radius 3 is 2.57 bits per heavy atom. The number of carbonyl (C=O) groups is 1. The summed E-state index contributed by atoms with van der Waals surface area (Å²) in [6.07, 6.45) is 0. The fraction of sp³-hybridized carbons (Fsp3) is 0.520. The molecule has 1 saturated heterocycles. The van der Waals surface area contributed by atoms with Gasteiger partial charge in [-0.25, -0.2) is 0 Å². The van der Waals surface area contributed by atoms with E-state index in [1.165, 1.54) is 9.20 Å². The summed E-state index contributed by atoms with van der Waals surface area (Å²) in [6, 6.07) is 5.67. The van der Waals surface area contributed by atoms with Gasteiger partial charge in [-0.1, -0.05) is 35.5 Å². The molecule has 0 bridgehead atoms. The van der Waals surface area contributed by atoms with E-state index in [0.717, 1.165) is 35.7 Å². The van der Waals surface area contributed by atoms with Crippen molar-refractivity contribution in [3.05, 3.63) is 34.9 Å². The SMILES string of the molecule is CCOc1nn2c(N)[n+](CC(=O)c3cc(N4CCOCC4)c(OC)c(C(C)(C)C)c3)nc2cc1C. The van der Waals surface area contributed by atoms with E-state index in [2.05, 4.69) is 35.9 Å². The molecule has 3 heterocycles. The number of rotatable bonds is 7. The topological polar surface area (TPSA) is 108 Å². The third kappa shape index (κ3) is 4.88. The van der Waals surface area contributed by atoms with Crippen molar-refractivity contribution in [1.82, 2.24) is 14.7 Å². The molecule has 0 atom stereocenters. The highest BCUT2D eigenvalue weighted by Gasteiger charge is 2.28. The van der Waals surface area contributed by atoms with Crippen LogP contribution in [0.5, 0.6) is 11.6 Å². The summed E-state index contributed by atoms with van der Waals surface area (Å²) in [5.74, 6) is 1.43. The zero-order valence-electron chi connectivity index (χ0n) is 21.4. The Morgan fingerprint density at radius 2 is 1.94 bits per heavy atom. The largest absolute Gasteiger partial charge is 0.494 e. The maximum Gasteiger partial charge on any atom is 0.401 e. The Kier molecular flexibility index (Phi) is 6.84. The molecule has 0 radical (unpaired) electrons. The van der Waals surface area contributed by atoms with Gasteiger partial charge >= 0.3 is 5.95 Å². The van der Waals surface area contributed by atoms with Crippen LogP contribution in [0.15, 0.2) is 18.2 Å². The number of ether oxygens (including phenoxy) is 3. The molecule has 0 amide bonds. The molecule has 2 aromatic heterocycles. The number of hydrogen-bond donors (Lipinski definition) is 1. The number of ketones is 1.